The van der Waals surface area contributed by atoms with E-state index in [2.05, 4.69) is 5.32 Å². The lowest BCUT2D eigenvalue weighted by Crippen LogP contribution is -2.26. The molecular formula is C15H20N2O3S. The molecule has 6 heteroatoms. The third-order valence-corrected chi connectivity index (χ3v) is 5.12. The van der Waals surface area contributed by atoms with Crippen molar-refractivity contribution in [3.8, 4) is 0 Å². The summed E-state index contributed by atoms with van der Waals surface area (Å²) >= 11 is 0. The van der Waals surface area contributed by atoms with Crippen LogP contribution in [0.15, 0.2) is 45.7 Å². The van der Waals surface area contributed by atoms with Crippen LogP contribution >= 0.6 is 0 Å². The first-order chi connectivity index (χ1) is 9.96. The second-order valence-corrected chi connectivity index (χ2v) is 6.66. The van der Waals surface area contributed by atoms with Gasteiger partial charge in [-0.25, -0.2) is 8.42 Å². The summed E-state index contributed by atoms with van der Waals surface area (Å²) in [5.74, 6) is 1.03. The maximum absolute atomic E-state index is 12.7. The molecule has 1 aromatic carbocycles. The van der Waals surface area contributed by atoms with Gasteiger partial charge in [-0.15, -0.1) is 0 Å². The molecule has 0 amide bonds. The first-order valence-electron chi connectivity index (χ1n) is 6.80. The zero-order chi connectivity index (χ0) is 15.5. The molecule has 0 radical (unpaired) electrons. The number of furan rings is 1. The molecule has 1 heterocycles. The largest absolute Gasteiger partial charge is 0.464 e. The van der Waals surface area contributed by atoms with Gasteiger partial charge in [0.15, 0.2) is 0 Å². The van der Waals surface area contributed by atoms with Gasteiger partial charge in [0.25, 0.3) is 10.0 Å². The number of benzene rings is 1. The van der Waals surface area contributed by atoms with Crippen LogP contribution in [0.2, 0.25) is 0 Å². The molecule has 1 N–H and O–H groups in total. The summed E-state index contributed by atoms with van der Waals surface area (Å²) in [4.78, 5) is 0.210. The molecule has 0 bridgehead atoms. The highest BCUT2D eigenvalue weighted by Gasteiger charge is 2.26. The highest BCUT2D eigenvalue weighted by atomic mass is 32.2. The van der Waals surface area contributed by atoms with E-state index in [0.29, 0.717) is 23.8 Å². The van der Waals surface area contributed by atoms with Gasteiger partial charge in [0.2, 0.25) is 0 Å². The third-order valence-electron chi connectivity index (χ3n) is 3.23. The lowest BCUT2D eigenvalue weighted by molar-refractivity contribution is 0.460. The average Bonchev–Trinajstić information content (AvgIpc) is 2.87. The Balaban J connectivity index is 2.33. The molecule has 2 aromatic rings. The Bertz CT molecular complexity index is 693. The molecule has 21 heavy (non-hydrogen) atoms. The van der Waals surface area contributed by atoms with Gasteiger partial charge in [-0.05, 0) is 25.6 Å². The monoisotopic (exact) mass is 308 g/mol. The van der Waals surface area contributed by atoms with Crippen molar-refractivity contribution in [2.24, 2.45) is 0 Å². The quantitative estimate of drug-likeness (QED) is 0.890. The summed E-state index contributed by atoms with van der Waals surface area (Å²) < 4.78 is 32.2. The van der Waals surface area contributed by atoms with E-state index in [9.17, 15) is 8.42 Å². The van der Waals surface area contributed by atoms with Crippen molar-refractivity contribution in [2.45, 2.75) is 25.3 Å². The molecule has 0 aliphatic heterocycles. The van der Waals surface area contributed by atoms with Gasteiger partial charge in [-0.1, -0.05) is 25.1 Å². The van der Waals surface area contributed by atoms with Crippen molar-refractivity contribution < 1.29 is 12.8 Å². The van der Waals surface area contributed by atoms with Crippen LogP contribution in [0.1, 0.15) is 18.4 Å². The van der Waals surface area contributed by atoms with E-state index >= 15 is 0 Å². The zero-order valence-corrected chi connectivity index (χ0v) is 13.3. The summed E-state index contributed by atoms with van der Waals surface area (Å²) in [6.07, 6.45) is 0. The molecule has 2 rings (SSSR count). The Morgan fingerprint density at radius 2 is 1.90 bits per heavy atom. The number of aryl methyl sites for hydroxylation is 1. The fourth-order valence-electron chi connectivity index (χ4n) is 2.04. The summed E-state index contributed by atoms with van der Waals surface area (Å²) in [5.41, 5.74) is 0.617. The molecule has 0 saturated heterocycles. The van der Waals surface area contributed by atoms with Gasteiger partial charge in [0.1, 0.15) is 16.4 Å². The minimum atomic E-state index is -3.62. The van der Waals surface area contributed by atoms with Crippen molar-refractivity contribution in [1.29, 1.82) is 0 Å². The fraction of sp³-hybridized carbons (Fsp3) is 0.333. The number of rotatable bonds is 6. The Morgan fingerprint density at radius 1 is 1.24 bits per heavy atom. The minimum Gasteiger partial charge on any atom is -0.464 e. The highest BCUT2D eigenvalue weighted by molar-refractivity contribution is 7.92. The van der Waals surface area contributed by atoms with E-state index in [-0.39, 0.29) is 4.90 Å². The van der Waals surface area contributed by atoms with E-state index in [1.807, 2.05) is 13.0 Å². The van der Waals surface area contributed by atoms with E-state index in [0.717, 1.165) is 6.54 Å². The molecular weight excluding hydrogens is 288 g/mol. The van der Waals surface area contributed by atoms with Crippen molar-refractivity contribution in [3.63, 3.8) is 0 Å². The maximum Gasteiger partial charge on any atom is 0.267 e. The Morgan fingerprint density at radius 3 is 2.52 bits per heavy atom. The van der Waals surface area contributed by atoms with Gasteiger partial charge in [0, 0.05) is 13.1 Å². The molecule has 0 aliphatic rings. The topological polar surface area (TPSA) is 62.6 Å². The van der Waals surface area contributed by atoms with Crippen LogP contribution in [-0.2, 0) is 16.6 Å². The van der Waals surface area contributed by atoms with E-state index in [1.54, 1.807) is 44.3 Å². The summed E-state index contributed by atoms with van der Waals surface area (Å²) in [6, 6.07) is 10.6. The number of nitrogens with zero attached hydrogens (tertiary/aromatic N) is 1. The van der Waals surface area contributed by atoms with Crippen molar-refractivity contribution in [2.75, 3.05) is 17.9 Å². The van der Waals surface area contributed by atoms with Crippen molar-refractivity contribution in [3.05, 3.63) is 47.9 Å². The van der Waals surface area contributed by atoms with Crippen LogP contribution in [0.5, 0.6) is 0 Å². The van der Waals surface area contributed by atoms with E-state index in [1.165, 1.54) is 4.31 Å². The Hall–Kier alpha value is -1.79. The number of para-hydroxylation sites is 1. The molecule has 114 valence electrons. The van der Waals surface area contributed by atoms with E-state index < -0.39 is 10.0 Å². The molecule has 0 spiro atoms. The minimum absolute atomic E-state index is 0.210. The standard InChI is InChI=1S/C15H20N2O3S/c1-4-16-11-14-10-15(12(2)20-14)21(18,19)17(3)13-8-6-5-7-9-13/h5-10,16H,4,11H2,1-3H3. The normalized spacial score (nSPS) is 11.6. The number of anilines is 1. The summed E-state index contributed by atoms with van der Waals surface area (Å²) in [7, 11) is -2.07. The highest BCUT2D eigenvalue weighted by Crippen LogP contribution is 2.26. The van der Waals surface area contributed by atoms with Crippen molar-refractivity contribution >= 4 is 15.7 Å². The molecule has 1 aromatic heterocycles. The van der Waals surface area contributed by atoms with Crippen LogP contribution in [0, 0.1) is 6.92 Å². The van der Waals surface area contributed by atoms with Crippen LogP contribution in [-0.4, -0.2) is 22.0 Å². The molecule has 0 aliphatic carbocycles. The zero-order valence-electron chi connectivity index (χ0n) is 12.5. The first-order valence-corrected chi connectivity index (χ1v) is 8.24. The molecule has 0 fully saturated rings. The van der Waals surface area contributed by atoms with E-state index in [4.69, 9.17) is 4.42 Å². The molecule has 0 unspecified atom stereocenters. The summed E-state index contributed by atoms with van der Waals surface area (Å²) in [6.45, 7) is 4.96. The fourth-order valence-corrected chi connectivity index (χ4v) is 3.42. The average molecular weight is 308 g/mol. The predicted molar refractivity (Wildman–Crippen MR) is 82.9 cm³/mol. The molecule has 5 nitrogen and oxygen atoms in total. The number of hydrogen-bond donors (Lipinski definition) is 1. The number of sulfonamides is 1. The smallest absolute Gasteiger partial charge is 0.267 e. The van der Waals surface area contributed by atoms with Gasteiger partial charge < -0.3 is 9.73 Å². The SMILES string of the molecule is CCNCc1cc(S(=O)(=O)N(C)c2ccccc2)c(C)o1. The second-order valence-electron chi connectivity index (χ2n) is 4.72. The number of hydrogen-bond acceptors (Lipinski definition) is 4. The Kier molecular flexibility index (Phi) is 4.69. The predicted octanol–water partition coefficient (Wildman–Crippen LogP) is 2.52. The van der Waals surface area contributed by atoms with Gasteiger partial charge in [-0.2, -0.15) is 0 Å². The van der Waals surface area contributed by atoms with Crippen LogP contribution in [0.4, 0.5) is 5.69 Å². The number of nitrogens with one attached hydrogen (secondary N) is 1. The molecule has 0 saturated carbocycles. The van der Waals surface area contributed by atoms with Gasteiger partial charge in [-0.3, -0.25) is 4.31 Å². The Labute approximate surface area is 125 Å². The second kappa shape index (κ2) is 6.32. The van der Waals surface area contributed by atoms with Gasteiger partial charge >= 0.3 is 0 Å². The van der Waals surface area contributed by atoms with Crippen LogP contribution < -0.4 is 9.62 Å². The lowest BCUT2D eigenvalue weighted by atomic mass is 10.3. The van der Waals surface area contributed by atoms with Crippen LogP contribution in [0.3, 0.4) is 0 Å². The van der Waals surface area contributed by atoms with Crippen molar-refractivity contribution in [1.82, 2.24) is 5.32 Å². The lowest BCUT2D eigenvalue weighted by Gasteiger charge is -2.18. The third kappa shape index (κ3) is 3.28. The first kappa shape index (κ1) is 15.6. The molecule has 0 atom stereocenters. The summed E-state index contributed by atoms with van der Waals surface area (Å²) in [5, 5.41) is 3.12. The van der Waals surface area contributed by atoms with Crippen LogP contribution in [0.25, 0.3) is 0 Å². The van der Waals surface area contributed by atoms with Gasteiger partial charge in [0.05, 0.1) is 12.2 Å². The maximum atomic E-state index is 12.7.